The largest absolute Gasteiger partial charge is 0.497 e. The monoisotopic (exact) mass is 359 g/mol. The number of anilines is 3. The molecule has 1 unspecified atom stereocenters. The molecule has 1 N–H and O–H groups in total. The van der Waals surface area contributed by atoms with Crippen LogP contribution in [0.5, 0.6) is 5.75 Å². The van der Waals surface area contributed by atoms with Crippen molar-refractivity contribution in [3.63, 3.8) is 0 Å². The molecule has 0 spiro atoms. The fraction of sp³-hybridized carbons (Fsp3) is 0.182. The maximum Gasteiger partial charge on any atom is 0.274 e. The normalized spacial score (nSPS) is 15.3. The lowest BCUT2D eigenvalue weighted by molar-refractivity contribution is 0.102. The van der Waals surface area contributed by atoms with Crippen LogP contribution in [0, 0.1) is 0 Å². The molecule has 0 fully saturated rings. The van der Waals surface area contributed by atoms with E-state index < -0.39 is 0 Å². The van der Waals surface area contributed by atoms with Gasteiger partial charge in [-0.3, -0.25) is 4.79 Å². The van der Waals surface area contributed by atoms with Gasteiger partial charge in [0.25, 0.3) is 5.91 Å². The van der Waals surface area contributed by atoms with Crippen LogP contribution in [-0.2, 0) is 6.42 Å². The summed E-state index contributed by atoms with van der Waals surface area (Å²) in [4.78, 5) is 19.5. The Kier molecular flexibility index (Phi) is 4.50. The number of carbonyl (C=O) groups excluding carboxylic acids is 1. The van der Waals surface area contributed by atoms with Gasteiger partial charge >= 0.3 is 0 Å². The number of amides is 1. The number of nitrogens with one attached hydrogen (secondary N) is 1. The first kappa shape index (κ1) is 17.1. The van der Waals surface area contributed by atoms with E-state index in [-0.39, 0.29) is 5.91 Å². The van der Waals surface area contributed by atoms with Gasteiger partial charge in [-0.05, 0) is 61.4 Å². The van der Waals surface area contributed by atoms with Gasteiger partial charge < -0.3 is 15.0 Å². The Balaban J connectivity index is 1.58. The van der Waals surface area contributed by atoms with Crippen molar-refractivity contribution < 1.29 is 9.53 Å². The van der Waals surface area contributed by atoms with Crippen molar-refractivity contribution in [1.82, 2.24) is 4.98 Å². The lowest BCUT2D eigenvalue weighted by Crippen LogP contribution is -2.25. The molecule has 2 aromatic carbocycles. The molecule has 3 aromatic rings. The highest BCUT2D eigenvalue weighted by Gasteiger charge is 2.28. The van der Waals surface area contributed by atoms with E-state index in [9.17, 15) is 4.79 Å². The Labute approximate surface area is 158 Å². The lowest BCUT2D eigenvalue weighted by atomic mass is 10.1. The molecule has 1 aliphatic heterocycles. The van der Waals surface area contributed by atoms with E-state index in [0.717, 1.165) is 23.7 Å². The predicted octanol–water partition coefficient (Wildman–Crippen LogP) is 4.43. The van der Waals surface area contributed by atoms with Crippen LogP contribution in [-0.4, -0.2) is 24.0 Å². The van der Waals surface area contributed by atoms with E-state index >= 15 is 0 Å². The van der Waals surface area contributed by atoms with Crippen LogP contribution in [0.2, 0.25) is 0 Å². The van der Waals surface area contributed by atoms with Crippen molar-refractivity contribution in [2.24, 2.45) is 0 Å². The number of carbonyl (C=O) groups is 1. The fourth-order valence-electron chi connectivity index (χ4n) is 3.47. The Morgan fingerprint density at radius 1 is 1.07 bits per heavy atom. The van der Waals surface area contributed by atoms with Crippen LogP contribution in [0.4, 0.5) is 17.2 Å². The van der Waals surface area contributed by atoms with Gasteiger partial charge in [-0.15, -0.1) is 0 Å². The summed E-state index contributed by atoms with van der Waals surface area (Å²) in [5, 5.41) is 2.88. The van der Waals surface area contributed by atoms with Crippen molar-refractivity contribution in [1.29, 1.82) is 0 Å². The first-order valence-corrected chi connectivity index (χ1v) is 8.95. The summed E-state index contributed by atoms with van der Waals surface area (Å²) in [5.74, 6) is 1.30. The van der Waals surface area contributed by atoms with E-state index in [0.29, 0.717) is 17.4 Å². The maximum absolute atomic E-state index is 12.6. The molecule has 0 radical (unpaired) electrons. The van der Waals surface area contributed by atoms with Crippen LogP contribution in [0.3, 0.4) is 0 Å². The first-order chi connectivity index (χ1) is 13.2. The van der Waals surface area contributed by atoms with Gasteiger partial charge in [0.15, 0.2) is 0 Å². The summed E-state index contributed by atoms with van der Waals surface area (Å²) in [6.07, 6.45) is 0.972. The second-order valence-corrected chi connectivity index (χ2v) is 6.62. The summed E-state index contributed by atoms with van der Waals surface area (Å²) < 4.78 is 5.14. The number of rotatable bonds is 4. The van der Waals surface area contributed by atoms with E-state index in [2.05, 4.69) is 40.3 Å². The topological polar surface area (TPSA) is 54.5 Å². The summed E-state index contributed by atoms with van der Waals surface area (Å²) >= 11 is 0. The van der Waals surface area contributed by atoms with Gasteiger partial charge in [0.2, 0.25) is 0 Å². The van der Waals surface area contributed by atoms with E-state index in [1.165, 1.54) is 5.56 Å². The molecule has 0 bridgehead atoms. The number of nitrogens with zero attached hydrogens (tertiary/aromatic N) is 2. The molecule has 0 saturated carbocycles. The Morgan fingerprint density at radius 3 is 2.63 bits per heavy atom. The molecule has 136 valence electrons. The van der Waals surface area contributed by atoms with Gasteiger partial charge in [-0.2, -0.15) is 0 Å². The molecule has 1 aliphatic rings. The molecule has 0 aliphatic carbocycles. The molecule has 1 amide bonds. The average Bonchev–Trinajstić information content (AvgIpc) is 3.04. The fourth-order valence-corrected chi connectivity index (χ4v) is 3.47. The van der Waals surface area contributed by atoms with Crippen LogP contribution >= 0.6 is 0 Å². The smallest absolute Gasteiger partial charge is 0.274 e. The number of ether oxygens (including phenoxy) is 1. The zero-order valence-electron chi connectivity index (χ0n) is 15.3. The Hall–Kier alpha value is -3.34. The highest BCUT2D eigenvalue weighted by Crippen LogP contribution is 2.37. The zero-order valence-corrected chi connectivity index (χ0v) is 15.3. The summed E-state index contributed by atoms with van der Waals surface area (Å²) in [6, 6.07) is 21.4. The number of para-hydroxylation sites is 1. The van der Waals surface area contributed by atoms with Crippen molar-refractivity contribution in [2.45, 2.75) is 19.4 Å². The number of fused-ring (bicyclic) bond motifs is 1. The zero-order chi connectivity index (χ0) is 18.8. The molecule has 27 heavy (non-hydrogen) atoms. The molecule has 1 aromatic heterocycles. The van der Waals surface area contributed by atoms with Crippen LogP contribution in [0.25, 0.3) is 0 Å². The Bertz CT molecular complexity index is 969. The van der Waals surface area contributed by atoms with Crippen molar-refractivity contribution >= 4 is 23.1 Å². The number of hydrogen-bond acceptors (Lipinski definition) is 4. The standard InChI is InChI=1S/C22H21N3O2/c1-15-14-16-6-3-4-8-20(16)25(15)21-9-5-7-19(24-21)22(26)23-17-10-12-18(27-2)13-11-17/h3-13,15H,14H2,1-2H3,(H,23,26). The SMILES string of the molecule is COc1ccc(NC(=O)c2cccc(N3c4ccccc4CC3C)n2)cc1. The number of methoxy groups -OCH3 is 1. The molecule has 4 rings (SSSR count). The molecule has 0 saturated heterocycles. The predicted molar refractivity (Wildman–Crippen MR) is 107 cm³/mol. The minimum Gasteiger partial charge on any atom is -0.497 e. The number of aromatic nitrogens is 1. The quantitative estimate of drug-likeness (QED) is 0.749. The molecule has 2 heterocycles. The molecular weight excluding hydrogens is 338 g/mol. The van der Waals surface area contributed by atoms with Gasteiger partial charge in [0.1, 0.15) is 17.3 Å². The van der Waals surface area contributed by atoms with E-state index in [1.807, 2.05) is 30.3 Å². The van der Waals surface area contributed by atoms with E-state index in [1.54, 1.807) is 25.3 Å². The second-order valence-electron chi connectivity index (χ2n) is 6.62. The van der Waals surface area contributed by atoms with Gasteiger partial charge in [-0.25, -0.2) is 4.98 Å². The minimum absolute atomic E-state index is 0.234. The van der Waals surface area contributed by atoms with E-state index in [4.69, 9.17) is 4.74 Å². The summed E-state index contributed by atoms with van der Waals surface area (Å²) in [6.45, 7) is 2.17. The second kappa shape index (κ2) is 7.11. The number of hydrogen-bond donors (Lipinski definition) is 1. The highest BCUT2D eigenvalue weighted by atomic mass is 16.5. The molecule has 5 heteroatoms. The average molecular weight is 359 g/mol. The van der Waals surface area contributed by atoms with Crippen molar-refractivity contribution in [3.05, 3.63) is 78.0 Å². The van der Waals surface area contributed by atoms with Crippen LogP contribution < -0.4 is 15.0 Å². The minimum atomic E-state index is -0.234. The molecule has 1 atom stereocenters. The van der Waals surface area contributed by atoms with Crippen molar-refractivity contribution in [3.8, 4) is 5.75 Å². The van der Waals surface area contributed by atoms with Gasteiger partial charge in [0.05, 0.1) is 7.11 Å². The summed E-state index contributed by atoms with van der Waals surface area (Å²) in [5.41, 5.74) is 3.55. The van der Waals surface area contributed by atoms with Gasteiger partial charge in [0, 0.05) is 17.4 Å². The van der Waals surface area contributed by atoms with Gasteiger partial charge in [-0.1, -0.05) is 24.3 Å². The third kappa shape index (κ3) is 3.36. The van der Waals surface area contributed by atoms with Crippen LogP contribution in [0.1, 0.15) is 23.0 Å². The third-order valence-electron chi connectivity index (χ3n) is 4.77. The van der Waals surface area contributed by atoms with Crippen LogP contribution in [0.15, 0.2) is 66.7 Å². The molecule has 5 nitrogen and oxygen atoms in total. The third-order valence-corrected chi connectivity index (χ3v) is 4.77. The number of benzene rings is 2. The Morgan fingerprint density at radius 2 is 1.85 bits per heavy atom. The first-order valence-electron chi connectivity index (χ1n) is 8.95. The van der Waals surface area contributed by atoms with Crippen molar-refractivity contribution in [2.75, 3.05) is 17.3 Å². The lowest BCUT2D eigenvalue weighted by Gasteiger charge is -2.24. The molecular formula is C22H21N3O2. The summed E-state index contributed by atoms with van der Waals surface area (Å²) in [7, 11) is 1.61. The highest BCUT2D eigenvalue weighted by molar-refractivity contribution is 6.03. The number of pyridine rings is 1. The maximum atomic E-state index is 12.6.